The number of hydrogen-bond donors (Lipinski definition) is 2. The molecular weight excluding hydrogens is 356 g/mol. The summed E-state index contributed by atoms with van der Waals surface area (Å²) < 4.78 is 0. The number of rotatable bonds is 13. The van der Waals surface area contributed by atoms with Gasteiger partial charge < -0.3 is 10.3 Å². The van der Waals surface area contributed by atoms with Gasteiger partial charge in [0.05, 0.1) is 0 Å². The maximum Gasteiger partial charge on any atom is 0.0457 e. The van der Waals surface area contributed by atoms with Crippen LogP contribution in [0.4, 0.5) is 0 Å². The Balaban J connectivity index is 1.56. The number of nitrogens with one attached hydrogen (secondary N) is 2. The summed E-state index contributed by atoms with van der Waals surface area (Å²) in [4.78, 5) is 10.1. The first-order chi connectivity index (χ1) is 14.3. The van der Waals surface area contributed by atoms with E-state index in [2.05, 4.69) is 76.6 Å². The second kappa shape index (κ2) is 11.7. The van der Waals surface area contributed by atoms with Gasteiger partial charge in [-0.2, -0.15) is 0 Å². The molecule has 29 heavy (non-hydrogen) atoms. The zero-order valence-electron chi connectivity index (χ0n) is 18.0. The van der Waals surface area contributed by atoms with Crippen LogP contribution in [0, 0.1) is 0 Å². The fourth-order valence-corrected chi connectivity index (χ4v) is 4.03. The predicted molar refractivity (Wildman–Crippen MR) is 123 cm³/mol. The average molecular weight is 393 g/mol. The number of aromatic nitrogens is 2. The van der Waals surface area contributed by atoms with Gasteiger partial charge in [-0.25, -0.2) is 0 Å². The maximum atomic E-state index is 4.16. The first-order valence-electron chi connectivity index (χ1n) is 11.2. The van der Waals surface area contributed by atoms with E-state index in [1.165, 1.54) is 54.1 Å². The highest BCUT2D eigenvalue weighted by Gasteiger charge is 2.11. The van der Waals surface area contributed by atoms with Crippen molar-refractivity contribution in [3.63, 3.8) is 0 Å². The van der Waals surface area contributed by atoms with Crippen molar-refractivity contribution in [2.45, 2.75) is 65.1 Å². The monoisotopic (exact) mass is 392 g/mol. The van der Waals surface area contributed by atoms with Gasteiger partial charge in [0.2, 0.25) is 0 Å². The van der Waals surface area contributed by atoms with Gasteiger partial charge in [0.15, 0.2) is 0 Å². The number of fused-ring (bicyclic) bond motifs is 1. The van der Waals surface area contributed by atoms with Gasteiger partial charge in [-0.1, -0.05) is 38.5 Å². The van der Waals surface area contributed by atoms with Crippen molar-refractivity contribution in [2.24, 2.45) is 0 Å². The second-order valence-electron chi connectivity index (χ2n) is 7.98. The molecule has 4 heteroatoms. The van der Waals surface area contributed by atoms with Crippen molar-refractivity contribution in [3.8, 4) is 0 Å². The van der Waals surface area contributed by atoms with E-state index in [0.29, 0.717) is 6.04 Å². The van der Waals surface area contributed by atoms with Crippen LogP contribution in [0.2, 0.25) is 0 Å². The highest BCUT2D eigenvalue weighted by atomic mass is 15.1. The van der Waals surface area contributed by atoms with Crippen LogP contribution in [0.3, 0.4) is 0 Å². The molecule has 1 aromatic carbocycles. The lowest BCUT2D eigenvalue weighted by Gasteiger charge is -2.23. The number of para-hydroxylation sites is 1. The van der Waals surface area contributed by atoms with Crippen LogP contribution >= 0.6 is 0 Å². The molecule has 0 aliphatic rings. The average Bonchev–Trinajstić information content (AvgIpc) is 3.16. The molecule has 0 saturated heterocycles. The van der Waals surface area contributed by atoms with E-state index in [1.54, 1.807) is 0 Å². The maximum absolute atomic E-state index is 4.16. The van der Waals surface area contributed by atoms with Gasteiger partial charge in [0.1, 0.15) is 0 Å². The smallest absolute Gasteiger partial charge is 0.0457 e. The topological polar surface area (TPSA) is 44.0 Å². The molecule has 2 heterocycles. The number of H-pyrrole nitrogens is 1. The van der Waals surface area contributed by atoms with E-state index in [1.807, 2.05) is 12.4 Å². The van der Waals surface area contributed by atoms with Crippen LogP contribution in [0.25, 0.3) is 10.9 Å². The zero-order valence-corrected chi connectivity index (χ0v) is 18.0. The summed E-state index contributed by atoms with van der Waals surface area (Å²) in [6.07, 6.45) is 12.2. The quantitative estimate of drug-likeness (QED) is 0.377. The van der Waals surface area contributed by atoms with Crippen LogP contribution in [0.5, 0.6) is 0 Å². The van der Waals surface area contributed by atoms with E-state index in [9.17, 15) is 0 Å². The lowest BCUT2D eigenvalue weighted by atomic mass is 10.1. The molecule has 0 bridgehead atoms. The molecule has 2 aromatic heterocycles. The van der Waals surface area contributed by atoms with E-state index >= 15 is 0 Å². The molecule has 2 N–H and O–H groups in total. The molecule has 3 rings (SSSR count). The van der Waals surface area contributed by atoms with Gasteiger partial charge in [0, 0.05) is 48.6 Å². The molecule has 4 nitrogen and oxygen atoms in total. The third kappa shape index (κ3) is 6.69. The minimum Gasteiger partial charge on any atom is -0.361 e. The number of unbranched alkanes of at least 4 members (excludes halogenated alkanes) is 1. The van der Waals surface area contributed by atoms with Crippen LogP contribution in [0.15, 0.2) is 55.0 Å². The van der Waals surface area contributed by atoms with Gasteiger partial charge in [0.25, 0.3) is 0 Å². The first-order valence-corrected chi connectivity index (χ1v) is 11.2. The molecule has 0 aliphatic carbocycles. The Hall–Kier alpha value is -2.17. The van der Waals surface area contributed by atoms with Crippen molar-refractivity contribution in [2.75, 3.05) is 13.1 Å². The third-order valence-corrected chi connectivity index (χ3v) is 5.69. The molecule has 0 aliphatic heterocycles. The van der Waals surface area contributed by atoms with Crippen molar-refractivity contribution in [1.82, 2.24) is 20.2 Å². The normalized spacial score (nSPS) is 12.7. The molecule has 0 amide bonds. The summed E-state index contributed by atoms with van der Waals surface area (Å²) in [7, 11) is 0. The van der Waals surface area contributed by atoms with Crippen molar-refractivity contribution in [3.05, 3.63) is 66.1 Å². The molecule has 0 saturated carbocycles. The van der Waals surface area contributed by atoms with E-state index in [4.69, 9.17) is 0 Å². The molecule has 3 aromatic rings. The fraction of sp³-hybridized carbons (Fsp3) is 0.480. The summed E-state index contributed by atoms with van der Waals surface area (Å²) in [5.74, 6) is 0. The van der Waals surface area contributed by atoms with Gasteiger partial charge in [-0.05, 0) is 68.1 Å². The SMILES string of the molecule is CCCC(CC)NCCCCN(Cc1ccncc1)Cc1c[nH]c2ccccc12. The van der Waals surface area contributed by atoms with Gasteiger partial charge >= 0.3 is 0 Å². The van der Waals surface area contributed by atoms with Crippen LogP contribution in [0.1, 0.15) is 57.1 Å². The van der Waals surface area contributed by atoms with E-state index in [0.717, 1.165) is 26.2 Å². The Kier molecular flexibility index (Phi) is 8.72. The molecule has 156 valence electrons. The van der Waals surface area contributed by atoms with Crippen LogP contribution < -0.4 is 5.32 Å². The molecule has 0 fully saturated rings. The minimum absolute atomic E-state index is 0.680. The van der Waals surface area contributed by atoms with Crippen molar-refractivity contribution >= 4 is 10.9 Å². The van der Waals surface area contributed by atoms with E-state index < -0.39 is 0 Å². The van der Waals surface area contributed by atoms with Crippen LogP contribution in [-0.4, -0.2) is 34.0 Å². The summed E-state index contributed by atoms with van der Waals surface area (Å²) >= 11 is 0. The first kappa shape index (κ1) is 21.5. The minimum atomic E-state index is 0.680. The number of aromatic amines is 1. The van der Waals surface area contributed by atoms with E-state index in [-0.39, 0.29) is 0 Å². The highest BCUT2D eigenvalue weighted by molar-refractivity contribution is 5.82. The molecule has 0 radical (unpaired) electrons. The largest absolute Gasteiger partial charge is 0.361 e. The Morgan fingerprint density at radius 1 is 1.03 bits per heavy atom. The zero-order chi connectivity index (χ0) is 20.3. The summed E-state index contributed by atoms with van der Waals surface area (Å²) in [5.41, 5.74) is 3.92. The molecular formula is C25H36N4. The summed E-state index contributed by atoms with van der Waals surface area (Å²) in [6.45, 7) is 8.70. The second-order valence-corrected chi connectivity index (χ2v) is 7.98. The lowest BCUT2D eigenvalue weighted by Crippen LogP contribution is -2.30. The van der Waals surface area contributed by atoms with Gasteiger partial charge in [-0.15, -0.1) is 0 Å². The Morgan fingerprint density at radius 2 is 1.86 bits per heavy atom. The predicted octanol–water partition coefficient (Wildman–Crippen LogP) is 5.51. The Labute approximate surface area is 175 Å². The molecule has 1 atom stereocenters. The summed E-state index contributed by atoms with van der Waals surface area (Å²) in [6, 6.07) is 13.5. The fourth-order valence-electron chi connectivity index (χ4n) is 4.03. The number of benzene rings is 1. The molecule has 1 unspecified atom stereocenters. The molecule has 0 spiro atoms. The Morgan fingerprint density at radius 3 is 2.66 bits per heavy atom. The highest BCUT2D eigenvalue weighted by Crippen LogP contribution is 2.20. The van der Waals surface area contributed by atoms with Crippen molar-refractivity contribution in [1.29, 1.82) is 0 Å². The number of hydrogen-bond acceptors (Lipinski definition) is 3. The summed E-state index contributed by atoms with van der Waals surface area (Å²) in [5, 5.41) is 5.06. The van der Waals surface area contributed by atoms with Gasteiger partial charge in [-0.3, -0.25) is 9.88 Å². The van der Waals surface area contributed by atoms with Crippen LogP contribution in [-0.2, 0) is 13.1 Å². The standard InChI is InChI=1S/C25H36N4/c1-3-9-23(4-2)27-14-7-8-17-29(19-21-12-15-26-16-13-21)20-22-18-28-25-11-6-5-10-24(22)25/h5-6,10-13,15-16,18,23,27-28H,3-4,7-9,14,17,19-20H2,1-2H3. The number of nitrogens with zero attached hydrogens (tertiary/aromatic N) is 2. The Bertz CT molecular complexity index is 827. The third-order valence-electron chi connectivity index (χ3n) is 5.69. The van der Waals surface area contributed by atoms with Crippen molar-refractivity contribution < 1.29 is 0 Å². The number of pyridine rings is 1. The lowest BCUT2D eigenvalue weighted by molar-refractivity contribution is 0.251.